The number of nitrogens with two attached hydrogens (primary N) is 1. The Kier molecular flexibility index (Phi) is 3.76. The van der Waals surface area contributed by atoms with Gasteiger partial charge in [-0.15, -0.1) is 0 Å². The summed E-state index contributed by atoms with van der Waals surface area (Å²) in [5.74, 6) is 1.04. The summed E-state index contributed by atoms with van der Waals surface area (Å²) in [5.41, 5.74) is 6.36. The van der Waals surface area contributed by atoms with Crippen LogP contribution in [0, 0.1) is 0 Å². The molecule has 1 atom stereocenters. The number of anilines is 1. The minimum atomic E-state index is -1.20. The van der Waals surface area contributed by atoms with Gasteiger partial charge in [0.2, 0.25) is 0 Å². The maximum atomic E-state index is 12.3. The number of rotatable bonds is 4. The number of para-hydroxylation sites is 1. The number of nitrogens with zero attached hydrogens (tertiary/aromatic N) is 3. The maximum Gasteiger partial charge on any atom is 0.140 e. The standard InChI is InChI=1S/C12H16N4OS/c1-9(2)16-12(14-8-15-16)7-18(17)11-6-4-3-5-10(11)13/h3-6,8-9H,7,13H2,1-2H3. The van der Waals surface area contributed by atoms with Crippen molar-refractivity contribution in [2.45, 2.75) is 30.5 Å². The van der Waals surface area contributed by atoms with Gasteiger partial charge < -0.3 is 5.73 Å². The summed E-state index contributed by atoms with van der Waals surface area (Å²) < 4.78 is 14.0. The van der Waals surface area contributed by atoms with E-state index in [1.54, 1.807) is 16.8 Å². The normalized spacial score (nSPS) is 12.8. The summed E-state index contributed by atoms with van der Waals surface area (Å²) >= 11 is 0. The molecule has 5 nitrogen and oxygen atoms in total. The second-order valence-corrected chi connectivity index (χ2v) is 5.66. The van der Waals surface area contributed by atoms with Gasteiger partial charge in [-0.1, -0.05) is 12.1 Å². The number of hydrogen-bond donors (Lipinski definition) is 1. The lowest BCUT2D eigenvalue weighted by atomic mass is 10.3. The van der Waals surface area contributed by atoms with E-state index < -0.39 is 10.8 Å². The Balaban J connectivity index is 2.22. The van der Waals surface area contributed by atoms with E-state index in [4.69, 9.17) is 5.73 Å². The first-order valence-corrected chi connectivity index (χ1v) is 7.02. The van der Waals surface area contributed by atoms with E-state index in [2.05, 4.69) is 10.1 Å². The molecule has 0 radical (unpaired) electrons. The first-order chi connectivity index (χ1) is 8.59. The molecule has 1 aromatic heterocycles. The van der Waals surface area contributed by atoms with Crippen molar-refractivity contribution in [3.8, 4) is 0 Å². The van der Waals surface area contributed by atoms with Crippen LogP contribution in [-0.2, 0) is 16.6 Å². The molecule has 1 unspecified atom stereocenters. The van der Waals surface area contributed by atoms with Crippen LogP contribution in [-0.4, -0.2) is 19.0 Å². The van der Waals surface area contributed by atoms with Gasteiger partial charge >= 0.3 is 0 Å². The summed E-state index contributed by atoms with van der Waals surface area (Å²) in [7, 11) is -1.20. The van der Waals surface area contributed by atoms with E-state index in [-0.39, 0.29) is 6.04 Å². The molecule has 6 heteroatoms. The van der Waals surface area contributed by atoms with E-state index in [0.717, 1.165) is 0 Å². The zero-order valence-corrected chi connectivity index (χ0v) is 11.2. The largest absolute Gasteiger partial charge is 0.398 e. The van der Waals surface area contributed by atoms with Crippen molar-refractivity contribution in [1.29, 1.82) is 0 Å². The zero-order valence-electron chi connectivity index (χ0n) is 10.4. The van der Waals surface area contributed by atoms with Crippen molar-refractivity contribution in [3.63, 3.8) is 0 Å². The third-order valence-corrected chi connectivity index (χ3v) is 3.94. The van der Waals surface area contributed by atoms with Crippen molar-refractivity contribution in [2.75, 3.05) is 5.73 Å². The molecule has 0 saturated heterocycles. The molecule has 0 bridgehead atoms. The lowest BCUT2D eigenvalue weighted by Crippen LogP contribution is -2.11. The SMILES string of the molecule is CC(C)n1ncnc1CS(=O)c1ccccc1N. The van der Waals surface area contributed by atoms with Gasteiger partial charge in [0.15, 0.2) is 0 Å². The molecule has 0 amide bonds. The Hall–Kier alpha value is -1.69. The third-order valence-electron chi connectivity index (χ3n) is 2.56. The van der Waals surface area contributed by atoms with Gasteiger partial charge in [-0.2, -0.15) is 5.10 Å². The summed E-state index contributed by atoms with van der Waals surface area (Å²) in [6, 6.07) is 7.39. The van der Waals surface area contributed by atoms with Gasteiger partial charge in [0, 0.05) is 11.7 Å². The minimum Gasteiger partial charge on any atom is -0.398 e. The van der Waals surface area contributed by atoms with Crippen molar-refractivity contribution < 1.29 is 4.21 Å². The topological polar surface area (TPSA) is 73.8 Å². The Morgan fingerprint density at radius 2 is 2.11 bits per heavy atom. The van der Waals surface area contributed by atoms with Gasteiger partial charge in [-0.25, -0.2) is 9.67 Å². The van der Waals surface area contributed by atoms with Crippen LogP contribution in [0.2, 0.25) is 0 Å². The van der Waals surface area contributed by atoms with Gasteiger partial charge in [-0.05, 0) is 26.0 Å². The molecular formula is C12H16N4OS. The summed E-state index contributed by atoms with van der Waals surface area (Å²) in [5, 5.41) is 4.12. The smallest absolute Gasteiger partial charge is 0.140 e. The van der Waals surface area contributed by atoms with Gasteiger partial charge in [0.25, 0.3) is 0 Å². The quantitative estimate of drug-likeness (QED) is 0.854. The highest BCUT2D eigenvalue weighted by molar-refractivity contribution is 7.84. The molecule has 0 aliphatic rings. The molecule has 0 fully saturated rings. The van der Waals surface area contributed by atoms with Gasteiger partial charge in [-0.3, -0.25) is 4.21 Å². The Bertz CT molecular complexity index is 565. The van der Waals surface area contributed by atoms with Crippen molar-refractivity contribution in [3.05, 3.63) is 36.4 Å². The molecule has 0 aliphatic heterocycles. The first kappa shape index (κ1) is 12.8. The molecule has 18 heavy (non-hydrogen) atoms. The average Bonchev–Trinajstić information content (AvgIpc) is 2.77. The molecule has 0 aliphatic carbocycles. The van der Waals surface area contributed by atoms with Gasteiger partial charge in [0.1, 0.15) is 12.2 Å². The predicted molar refractivity (Wildman–Crippen MR) is 71.4 cm³/mol. The highest BCUT2D eigenvalue weighted by Crippen LogP contribution is 2.18. The Morgan fingerprint density at radius 1 is 1.39 bits per heavy atom. The molecular weight excluding hydrogens is 248 g/mol. The van der Waals surface area contributed by atoms with E-state index >= 15 is 0 Å². The van der Waals surface area contributed by atoms with Crippen LogP contribution in [0.5, 0.6) is 0 Å². The number of hydrogen-bond acceptors (Lipinski definition) is 4. The van der Waals surface area contributed by atoms with E-state index in [1.807, 2.05) is 26.0 Å². The summed E-state index contributed by atoms with van der Waals surface area (Å²) in [4.78, 5) is 4.80. The zero-order chi connectivity index (χ0) is 13.1. The predicted octanol–water partition coefficient (Wildman–Crippen LogP) is 1.75. The van der Waals surface area contributed by atoms with Crippen LogP contribution in [0.3, 0.4) is 0 Å². The molecule has 0 saturated carbocycles. The molecule has 1 heterocycles. The highest BCUT2D eigenvalue weighted by atomic mass is 32.2. The van der Waals surface area contributed by atoms with E-state index in [9.17, 15) is 4.21 Å². The molecule has 1 aromatic carbocycles. The van der Waals surface area contributed by atoms with Crippen LogP contribution in [0.25, 0.3) is 0 Å². The van der Waals surface area contributed by atoms with Crippen molar-refractivity contribution >= 4 is 16.5 Å². The summed E-state index contributed by atoms with van der Waals surface area (Å²) in [6.07, 6.45) is 1.49. The molecule has 2 N–H and O–H groups in total. The fraction of sp³-hybridized carbons (Fsp3) is 0.333. The lowest BCUT2D eigenvalue weighted by molar-refractivity contribution is 0.513. The second-order valence-electron chi connectivity index (χ2n) is 4.24. The third kappa shape index (κ3) is 2.59. The molecule has 96 valence electrons. The maximum absolute atomic E-state index is 12.3. The fourth-order valence-corrected chi connectivity index (χ4v) is 2.85. The van der Waals surface area contributed by atoms with E-state index in [0.29, 0.717) is 22.2 Å². The molecule has 2 aromatic rings. The van der Waals surface area contributed by atoms with Crippen LogP contribution in [0.4, 0.5) is 5.69 Å². The second kappa shape index (κ2) is 5.30. The fourth-order valence-electron chi connectivity index (χ4n) is 1.69. The lowest BCUT2D eigenvalue weighted by Gasteiger charge is -2.09. The van der Waals surface area contributed by atoms with Crippen LogP contribution < -0.4 is 5.73 Å². The molecule has 0 spiro atoms. The van der Waals surface area contributed by atoms with Crippen LogP contribution in [0.1, 0.15) is 25.7 Å². The Labute approximate surface area is 108 Å². The number of aromatic nitrogens is 3. The highest BCUT2D eigenvalue weighted by Gasteiger charge is 2.14. The van der Waals surface area contributed by atoms with Crippen LogP contribution >= 0.6 is 0 Å². The minimum absolute atomic E-state index is 0.202. The van der Waals surface area contributed by atoms with E-state index in [1.165, 1.54) is 6.33 Å². The Morgan fingerprint density at radius 3 is 2.78 bits per heavy atom. The monoisotopic (exact) mass is 264 g/mol. The number of benzene rings is 1. The number of nitrogen functional groups attached to an aromatic ring is 1. The molecule has 2 rings (SSSR count). The van der Waals surface area contributed by atoms with Crippen molar-refractivity contribution in [1.82, 2.24) is 14.8 Å². The summed E-state index contributed by atoms with van der Waals surface area (Å²) in [6.45, 7) is 4.02. The van der Waals surface area contributed by atoms with Gasteiger partial charge in [0.05, 0.1) is 21.4 Å². The average molecular weight is 264 g/mol. The van der Waals surface area contributed by atoms with Crippen molar-refractivity contribution in [2.24, 2.45) is 0 Å². The van der Waals surface area contributed by atoms with Crippen LogP contribution in [0.15, 0.2) is 35.5 Å². The first-order valence-electron chi connectivity index (χ1n) is 5.71.